The van der Waals surface area contributed by atoms with E-state index in [2.05, 4.69) is 5.32 Å². The van der Waals surface area contributed by atoms with Gasteiger partial charge in [-0.3, -0.25) is 4.79 Å². The van der Waals surface area contributed by atoms with E-state index in [1.54, 1.807) is 0 Å². The number of nitrogens with one attached hydrogen (secondary N) is 1. The van der Waals surface area contributed by atoms with Crippen molar-refractivity contribution in [1.29, 1.82) is 0 Å². The maximum Gasteiger partial charge on any atom is 0.227 e. The molecule has 17 heavy (non-hydrogen) atoms. The molecule has 1 atom stereocenters. The summed E-state index contributed by atoms with van der Waals surface area (Å²) in [5.74, 6) is 0.485. The average molecular weight is 240 g/mol. The third-order valence-electron chi connectivity index (χ3n) is 4.00. The van der Waals surface area contributed by atoms with Crippen molar-refractivity contribution in [3.8, 4) is 0 Å². The van der Waals surface area contributed by atoms with Crippen molar-refractivity contribution in [3.63, 3.8) is 0 Å². The molecule has 1 amide bonds. The lowest BCUT2D eigenvalue weighted by molar-refractivity contribution is -0.140. The zero-order chi connectivity index (χ0) is 12.1. The van der Waals surface area contributed by atoms with Crippen LogP contribution in [0.5, 0.6) is 0 Å². The minimum atomic E-state index is 0.169. The molecule has 0 spiro atoms. The third kappa shape index (κ3) is 3.19. The molecule has 1 heterocycles. The molecule has 0 aromatic heterocycles. The lowest BCUT2D eigenvalue weighted by Crippen LogP contribution is -2.50. The number of amides is 1. The molecule has 2 N–H and O–H groups in total. The highest BCUT2D eigenvalue weighted by Gasteiger charge is 2.32. The van der Waals surface area contributed by atoms with Crippen LogP contribution in [0.3, 0.4) is 0 Å². The summed E-state index contributed by atoms with van der Waals surface area (Å²) in [6.07, 6.45) is 6.39. The predicted octanol–water partition coefficient (Wildman–Crippen LogP) is 0.749. The Hall–Kier alpha value is -0.610. The van der Waals surface area contributed by atoms with Crippen molar-refractivity contribution in [2.24, 2.45) is 5.92 Å². The second-order valence-electron chi connectivity index (χ2n) is 5.24. The highest BCUT2D eigenvalue weighted by atomic mass is 16.3. The molecule has 0 aromatic rings. The fraction of sp³-hybridized carbons (Fsp3) is 0.923. The summed E-state index contributed by atoms with van der Waals surface area (Å²) in [7, 11) is 0. The lowest BCUT2D eigenvalue weighted by atomic mass is 9.89. The average Bonchev–Trinajstić information content (AvgIpc) is 2.32. The molecule has 1 saturated carbocycles. The first-order chi connectivity index (χ1) is 8.33. The number of aliphatic hydroxyl groups is 1. The number of rotatable bonds is 5. The van der Waals surface area contributed by atoms with Gasteiger partial charge in [0.15, 0.2) is 0 Å². The number of aliphatic hydroxyl groups excluding tert-OH is 1. The zero-order valence-electron chi connectivity index (χ0n) is 10.5. The molecule has 2 aliphatic rings. The van der Waals surface area contributed by atoms with Crippen LogP contribution in [0, 0.1) is 5.92 Å². The van der Waals surface area contributed by atoms with Gasteiger partial charge in [0.1, 0.15) is 0 Å². The lowest BCUT2D eigenvalue weighted by Gasteiger charge is -2.40. The van der Waals surface area contributed by atoms with E-state index in [4.69, 9.17) is 5.11 Å². The SMILES string of the molecule is O=C([C@H]1CCCNC1)N(CCCO)C1CCC1. The zero-order valence-corrected chi connectivity index (χ0v) is 10.5. The maximum absolute atomic E-state index is 12.4. The van der Waals surface area contributed by atoms with Crippen LogP contribution in [-0.2, 0) is 4.79 Å². The summed E-state index contributed by atoms with van der Waals surface area (Å²) in [6, 6.07) is 0.455. The largest absolute Gasteiger partial charge is 0.396 e. The van der Waals surface area contributed by atoms with E-state index >= 15 is 0 Å². The van der Waals surface area contributed by atoms with Gasteiger partial charge in [0.2, 0.25) is 5.91 Å². The number of nitrogens with zero attached hydrogens (tertiary/aromatic N) is 1. The Kier molecular flexibility index (Phi) is 4.80. The Morgan fingerprint density at radius 3 is 2.65 bits per heavy atom. The van der Waals surface area contributed by atoms with Gasteiger partial charge in [0.25, 0.3) is 0 Å². The van der Waals surface area contributed by atoms with Gasteiger partial charge in [-0.25, -0.2) is 0 Å². The first kappa shape index (κ1) is 12.8. The van der Waals surface area contributed by atoms with Gasteiger partial charge in [-0.1, -0.05) is 0 Å². The molecule has 1 aliphatic heterocycles. The van der Waals surface area contributed by atoms with Gasteiger partial charge in [-0.05, 0) is 45.1 Å². The fourth-order valence-electron chi connectivity index (χ4n) is 2.71. The summed E-state index contributed by atoms with van der Waals surface area (Å²) in [6.45, 7) is 2.79. The van der Waals surface area contributed by atoms with E-state index < -0.39 is 0 Å². The van der Waals surface area contributed by atoms with E-state index in [0.717, 1.165) is 45.3 Å². The van der Waals surface area contributed by atoms with Crippen LogP contribution in [0.25, 0.3) is 0 Å². The molecule has 2 rings (SSSR count). The van der Waals surface area contributed by atoms with Crippen LogP contribution in [0.1, 0.15) is 38.5 Å². The van der Waals surface area contributed by atoms with Gasteiger partial charge in [-0.15, -0.1) is 0 Å². The van der Waals surface area contributed by atoms with E-state index in [1.165, 1.54) is 6.42 Å². The Morgan fingerprint density at radius 2 is 2.12 bits per heavy atom. The van der Waals surface area contributed by atoms with Crippen molar-refractivity contribution in [2.75, 3.05) is 26.2 Å². The summed E-state index contributed by atoms with van der Waals surface area (Å²) < 4.78 is 0. The monoisotopic (exact) mass is 240 g/mol. The van der Waals surface area contributed by atoms with Crippen LogP contribution in [0.4, 0.5) is 0 Å². The molecule has 1 saturated heterocycles. The van der Waals surface area contributed by atoms with Crippen LogP contribution in [-0.4, -0.2) is 48.2 Å². The summed E-state index contributed by atoms with van der Waals surface area (Å²) in [5, 5.41) is 12.2. The summed E-state index contributed by atoms with van der Waals surface area (Å²) >= 11 is 0. The standard InChI is InChI=1S/C13H24N2O2/c16-9-3-8-15(12-5-1-6-12)13(17)11-4-2-7-14-10-11/h11-12,14,16H,1-10H2/t11-/m0/s1. The van der Waals surface area contributed by atoms with E-state index in [-0.39, 0.29) is 12.5 Å². The van der Waals surface area contributed by atoms with Crippen LogP contribution < -0.4 is 5.32 Å². The van der Waals surface area contributed by atoms with Gasteiger partial charge in [0.05, 0.1) is 5.92 Å². The van der Waals surface area contributed by atoms with E-state index in [0.29, 0.717) is 18.4 Å². The molecule has 0 radical (unpaired) electrons. The molecule has 98 valence electrons. The van der Waals surface area contributed by atoms with Crippen LogP contribution in [0.2, 0.25) is 0 Å². The number of hydrogen-bond acceptors (Lipinski definition) is 3. The molecule has 4 nitrogen and oxygen atoms in total. The van der Waals surface area contributed by atoms with E-state index in [9.17, 15) is 4.79 Å². The smallest absolute Gasteiger partial charge is 0.227 e. The van der Waals surface area contributed by atoms with Gasteiger partial charge in [0, 0.05) is 25.7 Å². The van der Waals surface area contributed by atoms with Crippen molar-refractivity contribution >= 4 is 5.91 Å². The second kappa shape index (κ2) is 6.36. The molecular weight excluding hydrogens is 216 g/mol. The van der Waals surface area contributed by atoms with Crippen LogP contribution >= 0.6 is 0 Å². The quantitative estimate of drug-likeness (QED) is 0.745. The Bertz CT molecular complexity index is 248. The number of piperidine rings is 1. The Labute approximate surface area is 103 Å². The maximum atomic E-state index is 12.4. The highest BCUT2D eigenvalue weighted by molar-refractivity contribution is 5.79. The minimum absolute atomic E-state index is 0.169. The molecule has 2 fully saturated rings. The molecule has 0 aromatic carbocycles. The van der Waals surface area contributed by atoms with Crippen molar-refractivity contribution in [2.45, 2.75) is 44.6 Å². The summed E-state index contributed by atoms with van der Waals surface area (Å²) in [4.78, 5) is 14.5. The third-order valence-corrected chi connectivity index (χ3v) is 4.00. The Morgan fingerprint density at radius 1 is 1.29 bits per heavy atom. The number of hydrogen-bond donors (Lipinski definition) is 2. The van der Waals surface area contributed by atoms with Gasteiger partial charge < -0.3 is 15.3 Å². The predicted molar refractivity (Wildman–Crippen MR) is 66.6 cm³/mol. The first-order valence-corrected chi connectivity index (χ1v) is 6.95. The molecule has 1 aliphatic carbocycles. The second-order valence-corrected chi connectivity index (χ2v) is 5.24. The number of carbonyl (C=O) groups is 1. The van der Waals surface area contributed by atoms with Crippen LogP contribution in [0.15, 0.2) is 0 Å². The van der Waals surface area contributed by atoms with Crippen molar-refractivity contribution in [3.05, 3.63) is 0 Å². The van der Waals surface area contributed by atoms with Gasteiger partial charge >= 0.3 is 0 Å². The van der Waals surface area contributed by atoms with Crippen molar-refractivity contribution < 1.29 is 9.90 Å². The summed E-state index contributed by atoms with van der Waals surface area (Å²) in [5.41, 5.74) is 0. The minimum Gasteiger partial charge on any atom is -0.396 e. The molecule has 0 unspecified atom stereocenters. The Balaban J connectivity index is 1.90. The first-order valence-electron chi connectivity index (χ1n) is 6.95. The molecular formula is C13H24N2O2. The van der Waals surface area contributed by atoms with Gasteiger partial charge in [-0.2, -0.15) is 0 Å². The normalized spacial score (nSPS) is 25.4. The molecule has 4 heteroatoms. The fourth-order valence-corrected chi connectivity index (χ4v) is 2.71. The molecule has 0 bridgehead atoms. The van der Waals surface area contributed by atoms with Crippen molar-refractivity contribution in [1.82, 2.24) is 10.2 Å². The topological polar surface area (TPSA) is 52.6 Å². The highest BCUT2D eigenvalue weighted by Crippen LogP contribution is 2.27. The van der Waals surface area contributed by atoms with E-state index in [1.807, 2.05) is 4.90 Å². The number of carbonyl (C=O) groups excluding carboxylic acids is 1.